The number of aliphatic hydroxyl groups is 1. The standard InChI is InChI=1S/C6H9BrO/c1-3-6(2,8)4-5-7/h8H,3H2,1-2H3/t6-/m0/s1. The van der Waals surface area contributed by atoms with E-state index in [0.29, 0.717) is 6.42 Å². The number of rotatable bonds is 1. The lowest BCUT2D eigenvalue weighted by molar-refractivity contribution is 0.118. The molecule has 0 aliphatic heterocycles. The molecule has 1 nitrogen and oxygen atoms in total. The van der Waals surface area contributed by atoms with E-state index in [0.717, 1.165) is 0 Å². The molecule has 0 saturated heterocycles. The van der Waals surface area contributed by atoms with E-state index in [1.54, 1.807) is 6.92 Å². The fourth-order valence-electron chi connectivity index (χ4n) is 0.190. The van der Waals surface area contributed by atoms with Crippen molar-refractivity contribution in [3.05, 3.63) is 0 Å². The van der Waals surface area contributed by atoms with Crippen molar-refractivity contribution in [1.82, 2.24) is 0 Å². The van der Waals surface area contributed by atoms with Crippen LogP contribution in [0.2, 0.25) is 0 Å². The zero-order chi connectivity index (χ0) is 6.62. The van der Waals surface area contributed by atoms with E-state index in [-0.39, 0.29) is 0 Å². The van der Waals surface area contributed by atoms with Gasteiger partial charge in [0, 0.05) is 15.9 Å². The summed E-state index contributed by atoms with van der Waals surface area (Å²) in [6.07, 6.45) is 0.658. The zero-order valence-electron chi connectivity index (χ0n) is 5.03. The van der Waals surface area contributed by atoms with Gasteiger partial charge >= 0.3 is 0 Å². The Kier molecular flexibility index (Phi) is 3.11. The first kappa shape index (κ1) is 8.00. The molecule has 0 aromatic carbocycles. The summed E-state index contributed by atoms with van der Waals surface area (Å²) in [7, 11) is 0. The van der Waals surface area contributed by atoms with Crippen molar-refractivity contribution in [3.63, 3.8) is 0 Å². The van der Waals surface area contributed by atoms with Crippen molar-refractivity contribution in [3.8, 4) is 10.8 Å². The maximum Gasteiger partial charge on any atom is 0.123 e. The molecule has 0 heterocycles. The van der Waals surface area contributed by atoms with Crippen molar-refractivity contribution in [2.24, 2.45) is 0 Å². The van der Waals surface area contributed by atoms with Gasteiger partial charge in [-0.1, -0.05) is 12.8 Å². The van der Waals surface area contributed by atoms with Crippen molar-refractivity contribution in [2.45, 2.75) is 25.9 Å². The van der Waals surface area contributed by atoms with Gasteiger partial charge in [0.15, 0.2) is 0 Å². The van der Waals surface area contributed by atoms with Crippen LogP contribution < -0.4 is 0 Å². The lowest BCUT2D eigenvalue weighted by Crippen LogP contribution is -2.18. The molecular formula is C6H9BrO. The van der Waals surface area contributed by atoms with Gasteiger partial charge in [-0.15, -0.1) is 0 Å². The third-order valence-corrected chi connectivity index (χ3v) is 1.20. The summed E-state index contributed by atoms with van der Waals surface area (Å²) in [6.45, 7) is 3.57. The lowest BCUT2D eigenvalue weighted by Gasteiger charge is -2.10. The third-order valence-electron chi connectivity index (χ3n) is 1.00. The summed E-state index contributed by atoms with van der Waals surface area (Å²) in [5, 5.41) is 9.12. The Hall–Kier alpha value is 0. The molecule has 0 amide bonds. The van der Waals surface area contributed by atoms with Crippen molar-refractivity contribution in [1.29, 1.82) is 0 Å². The van der Waals surface area contributed by atoms with Gasteiger partial charge < -0.3 is 5.11 Å². The molecule has 0 aliphatic rings. The van der Waals surface area contributed by atoms with Crippen LogP contribution in [0, 0.1) is 10.8 Å². The Bertz CT molecular complexity index is 118. The third kappa shape index (κ3) is 3.06. The van der Waals surface area contributed by atoms with Crippen LogP contribution in [0.1, 0.15) is 20.3 Å². The van der Waals surface area contributed by atoms with Gasteiger partial charge in [-0.3, -0.25) is 0 Å². The van der Waals surface area contributed by atoms with E-state index in [1.807, 2.05) is 6.92 Å². The van der Waals surface area contributed by atoms with Crippen LogP contribution in [0.25, 0.3) is 0 Å². The number of hydrogen-bond acceptors (Lipinski definition) is 1. The Morgan fingerprint density at radius 2 is 2.25 bits per heavy atom. The number of hydrogen-bond donors (Lipinski definition) is 1. The zero-order valence-corrected chi connectivity index (χ0v) is 6.62. The fraction of sp³-hybridized carbons (Fsp3) is 0.667. The molecule has 1 atom stereocenters. The molecule has 0 aromatic rings. The van der Waals surface area contributed by atoms with Gasteiger partial charge in [-0.25, -0.2) is 0 Å². The normalized spacial score (nSPS) is 16.0. The highest BCUT2D eigenvalue weighted by Gasteiger charge is 2.11. The second-order valence-electron chi connectivity index (χ2n) is 1.85. The molecule has 8 heavy (non-hydrogen) atoms. The van der Waals surface area contributed by atoms with Gasteiger partial charge in [-0.2, -0.15) is 0 Å². The van der Waals surface area contributed by atoms with Crippen LogP contribution in [0.4, 0.5) is 0 Å². The van der Waals surface area contributed by atoms with Crippen molar-refractivity contribution >= 4 is 15.9 Å². The molecular weight excluding hydrogens is 168 g/mol. The maximum atomic E-state index is 9.12. The van der Waals surface area contributed by atoms with Crippen molar-refractivity contribution in [2.75, 3.05) is 0 Å². The summed E-state index contributed by atoms with van der Waals surface area (Å²) in [6, 6.07) is 0. The van der Waals surface area contributed by atoms with Crippen LogP contribution in [0.3, 0.4) is 0 Å². The molecule has 0 aliphatic carbocycles. The maximum absolute atomic E-state index is 9.12. The lowest BCUT2D eigenvalue weighted by atomic mass is 10.1. The van der Waals surface area contributed by atoms with E-state index >= 15 is 0 Å². The molecule has 0 fully saturated rings. The second kappa shape index (κ2) is 3.11. The van der Waals surface area contributed by atoms with Gasteiger partial charge in [-0.05, 0) is 18.2 Å². The molecule has 46 valence electrons. The highest BCUT2D eigenvalue weighted by molar-refractivity contribution is 9.12. The molecule has 0 rings (SSSR count). The van der Waals surface area contributed by atoms with Crippen LogP contribution in [0.5, 0.6) is 0 Å². The second-order valence-corrected chi connectivity index (χ2v) is 2.24. The summed E-state index contributed by atoms with van der Waals surface area (Å²) < 4.78 is 0. The average molecular weight is 177 g/mol. The van der Waals surface area contributed by atoms with E-state index in [4.69, 9.17) is 5.11 Å². The largest absolute Gasteiger partial charge is 0.378 e. The summed E-state index contributed by atoms with van der Waals surface area (Å²) >= 11 is 2.90. The predicted molar refractivity (Wildman–Crippen MR) is 37.6 cm³/mol. The SMILES string of the molecule is CC[C@](C)(O)C#CBr. The van der Waals surface area contributed by atoms with E-state index in [9.17, 15) is 0 Å². The average Bonchev–Trinajstić information content (AvgIpc) is 1.67. The van der Waals surface area contributed by atoms with E-state index in [1.165, 1.54) is 0 Å². The van der Waals surface area contributed by atoms with Crippen LogP contribution in [-0.2, 0) is 0 Å². The fourth-order valence-corrected chi connectivity index (χ4v) is 0.617. The molecule has 0 radical (unpaired) electrons. The minimum Gasteiger partial charge on any atom is -0.378 e. The Balaban J connectivity index is 3.85. The molecule has 1 N–H and O–H groups in total. The predicted octanol–water partition coefficient (Wildman–Crippen LogP) is 1.50. The van der Waals surface area contributed by atoms with E-state index < -0.39 is 5.60 Å². The minimum absolute atomic E-state index is 0.658. The van der Waals surface area contributed by atoms with Crippen LogP contribution in [0.15, 0.2) is 0 Å². The summed E-state index contributed by atoms with van der Waals surface area (Å²) in [5.41, 5.74) is -0.816. The molecule has 0 unspecified atom stereocenters. The van der Waals surface area contributed by atoms with Crippen LogP contribution >= 0.6 is 15.9 Å². The minimum atomic E-state index is -0.816. The number of halogens is 1. The Labute approximate surface area is 58.2 Å². The first-order valence-corrected chi connectivity index (χ1v) is 3.27. The Morgan fingerprint density at radius 1 is 1.75 bits per heavy atom. The highest BCUT2D eigenvalue weighted by atomic mass is 79.9. The molecule has 2 heteroatoms. The van der Waals surface area contributed by atoms with Gasteiger partial charge in [0.05, 0.1) is 0 Å². The van der Waals surface area contributed by atoms with Gasteiger partial charge in [0.1, 0.15) is 5.60 Å². The van der Waals surface area contributed by atoms with Gasteiger partial charge in [0.25, 0.3) is 0 Å². The first-order chi connectivity index (χ1) is 3.62. The molecule has 0 saturated carbocycles. The van der Waals surface area contributed by atoms with Gasteiger partial charge in [0.2, 0.25) is 0 Å². The van der Waals surface area contributed by atoms with Crippen molar-refractivity contribution < 1.29 is 5.11 Å². The quantitative estimate of drug-likeness (QED) is 0.601. The monoisotopic (exact) mass is 176 g/mol. The topological polar surface area (TPSA) is 20.2 Å². The summed E-state index contributed by atoms with van der Waals surface area (Å²) in [5.74, 6) is 2.59. The first-order valence-electron chi connectivity index (χ1n) is 2.47. The smallest absolute Gasteiger partial charge is 0.123 e. The summed E-state index contributed by atoms with van der Waals surface area (Å²) in [4.78, 5) is 2.47. The highest BCUT2D eigenvalue weighted by Crippen LogP contribution is 2.05. The van der Waals surface area contributed by atoms with Crippen LogP contribution in [-0.4, -0.2) is 10.7 Å². The van der Waals surface area contributed by atoms with E-state index in [2.05, 4.69) is 26.7 Å². The molecule has 0 bridgehead atoms. The molecule has 0 spiro atoms. The Morgan fingerprint density at radius 3 is 2.38 bits per heavy atom. The molecule has 0 aromatic heterocycles.